The van der Waals surface area contributed by atoms with Crippen LogP contribution in [-0.4, -0.2) is 48.0 Å². The Labute approximate surface area is 70.5 Å². The summed E-state index contributed by atoms with van der Waals surface area (Å²) in [6.07, 6.45) is 2.03. The SMILES string of the molecule is CSC1CNC2C(O)CO[C@H]12. The van der Waals surface area contributed by atoms with Crippen molar-refractivity contribution in [3.05, 3.63) is 0 Å². The average Bonchev–Trinajstić information content (AvgIpc) is 2.53. The van der Waals surface area contributed by atoms with Gasteiger partial charge < -0.3 is 15.2 Å². The molecule has 0 saturated carbocycles. The molecule has 0 spiro atoms. The molecule has 0 aromatic rings. The predicted octanol–water partition coefficient (Wildman–Crippen LogP) is -0.551. The summed E-state index contributed by atoms with van der Waals surface area (Å²) in [7, 11) is 0. The molecule has 3 nitrogen and oxygen atoms in total. The molecule has 0 bridgehead atoms. The minimum absolute atomic E-state index is 0.187. The summed E-state index contributed by atoms with van der Waals surface area (Å²) in [6.45, 7) is 1.47. The Morgan fingerprint density at radius 2 is 2.45 bits per heavy atom. The quantitative estimate of drug-likeness (QED) is 0.561. The van der Waals surface area contributed by atoms with Crippen LogP contribution in [0.25, 0.3) is 0 Å². The van der Waals surface area contributed by atoms with Crippen molar-refractivity contribution < 1.29 is 9.84 Å². The second kappa shape index (κ2) is 2.94. The van der Waals surface area contributed by atoms with E-state index in [4.69, 9.17) is 4.74 Å². The Morgan fingerprint density at radius 1 is 1.64 bits per heavy atom. The molecule has 2 heterocycles. The van der Waals surface area contributed by atoms with E-state index in [1.807, 2.05) is 11.8 Å². The lowest BCUT2D eigenvalue weighted by atomic mass is 10.1. The Hall–Kier alpha value is 0.230. The molecule has 2 rings (SSSR count). The molecule has 2 saturated heterocycles. The molecule has 2 aliphatic rings. The van der Waals surface area contributed by atoms with Gasteiger partial charge in [0.25, 0.3) is 0 Å². The molecule has 4 atom stereocenters. The number of nitrogens with one attached hydrogen (secondary N) is 1. The maximum Gasteiger partial charge on any atom is 0.0952 e. The normalized spacial score (nSPS) is 49.6. The summed E-state index contributed by atoms with van der Waals surface area (Å²) in [5, 5.41) is 13.2. The van der Waals surface area contributed by atoms with E-state index in [0.717, 1.165) is 6.54 Å². The van der Waals surface area contributed by atoms with E-state index in [0.29, 0.717) is 11.9 Å². The molecule has 2 fully saturated rings. The first-order valence-corrected chi connectivity index (χ1v) is 5.17. The number of hydrogen-bond donors (Lipinski definition) is 2. The van der Waals surface area contributed by atoms with Crippen LogP contribution in [0.5, 0.6) is 0 Å². The summed E-state index contributed by atoms with van der Waals surface area (Å²) in [5.41, 5.74) is 0. The molecule has 0 aromatic heterocycles. The second-order valence-corrected chi connectivity index (χ2v) is 4.15. The zero-order valence-corrected chi connectivity index (χ0v) is 7.30. The van der Waals surface area contributed by atoms with Gasteiger partial charge >= 0.3 is 0 Å². The first-order chi connectivity index (χ1) is 5.33. The largest absolute Gasteiger partial charge is 0.389 e. The molecule has 2 aliphatic heterocycles. The molecule has 0 amide bonds. The zero-order chi connectivity index (χ0) is 7.84. The van der Waals surface area contributed by atoms with Crippen molar-refractivity contribution in [1.82, 2.24) is 5.32 Å². The topological polar surface area (TPSA) is 41.5 Å². The molecule has 0 aromatic carbocycles. The summed E-state index contributed by atoms with van der Waals surface area (Å²) < 4.78 is 5.46. The van der Waals surface area contributed by atoms with Crippen molar-refractivity contribution in [3.63, 3.8) is 0 Å². The molecule has 3 unspecified atom stereocenters. The Balaban J connectivity index is 2.04. The van der Waals surface area contributed by atoms with Gasteiger partial charge in [-0.3, -0.25) is 0 Å². The highest BCUT2D eigenvalue weighted by atomic mass is 32.2. The third-order valence-electron chi connectivity index (χ3n) is 2.45. The maximum atomic E-state index is 9.42. The standard InChI is InChI=1S/C7H13NO2S/c1-11-5-2-8-6-4(9)3-10-7(5)6/h4-9H,2-3H2,1H3/t4?,5?,6?,7-/m1/s1. The van der Waals surface area contributed by atoms with Crippen LogP contribution in [0.1, 0.15) is 0 Å². The number of aliphatic hydroxyl groups is 1. The van der Waals surface area contributed by atoms with Gasteiger partial charge in [0.15, 0.2) is 0 Å². The van der Waals surface area contributed by atoms with Gasteiger partial charge in [0.2, 0.25) is 0 Å². The lowest BCUT2D eigenvalue weighted by Gasteiger charge is -2.13. The van der Waals surface area contributed by atoms with E-state index < -0.39 is 0 Å². The third kappa shape index (κ3) is 1.18. The van der Waals surface area contributed by atoms with Crippen molar-refractivity contribution in [1.29, 1.82) is 0 Å². The third-order valence-corrected chi connectivity index (χ3v) is 3.49. The second-order valence-electron chi connectivity index (χ2n) is 3.07. The fourth-order valence-electron chi connectivity index (χ4n) is 1.81. The summed E-state index contributed by atoms with van der Waals surface area (Å²) in [6, 6.07) is 0.187. The lowest BCUT2D eigenvalue weighted by Crippen LogP contribution is -2.36. The number of hydrogen-bond acceptors (Lipinski definition) is 4. The van der Waals surface area contributed by atoms with Crippen LogP contribution >= 0.6 is 11.8 Å². The predicted molar refractivity (Wildman–Crippen MR) is 44.8 cm³/mol. The van der Waals surface area contributed by atoms with Crippen molar-refractivity contribution in [2.45, 2.75) is 23.5 Å². The number of rotatable bonds is 1. The first-order valence-electron chi connectivity index (χ1n) is 3.89. The lowest BCUT2D eigenvalue weighted by molar-refractivity contribution is 0.0898. The van der Waals surface area contributed by atoms with Crippen LogP contribution in [0.2, 0.25) is 0 Å². The van der Waals surface area contributed by atoms with Crippen molar-refractivity contribution >= 4 is 11.8 Å². The molecule has 64 valence electrons. The van der Waals surface area contributed by atoms with E-state index in [1.165, 1.54) is 0 Å². The Morgan fingerprint density at radius 3 is 3.18 bits per heavy atom. The molecular weight excluding hydrogens is 162 g/mol. The van der Waals surface area contributed by atoms with Gasteiger partial charge in [-0.15, -0.1) is 0 Å². The van der Waals surface area contributed by atoms with E-state index in [1.54, 1.807) is 0 Å². The molecular formula is C7H13NO2S. The minimum Gasteiger partial charge on any atom is -0.389 e. The van der Waals surface area contributed by atoms with Gasteiger partial charge in [-0.2, -0.15) is 11.8 Å². The van der Waals surface area contributed by atoms with Crippen LogP contribution in [0.15, 0.2) is 0 Å². The van der Waals surface area contributed by atoms with Gasteiger partial charge in [0, 0.05) is 11.8 Å². The fraction of sp³-hybridized carbons (Fsp3) is 1.00. The van der Waals surface area contributed by atoms with Crippen LogP contribution < -0.4 is 5.32 Å². The van der Waals surface area contributed by atoms with Crippen molar-refractivity contribution in [2.24, 2.45) is 0 Å². The van der Waals surface area contributed by atoms with Crippen LogP contribution in [0.3, 0.4) is 0 Å². The molecule has 11 heavy (non-hydrogen) atoms. The van der Waals surface area contributed by atoms with Gasteiger partial charge in [0.1, 0.15) is 0 Å². The van der Waals surface area contributed by atoms with Gasteiger partial charge in [-0.05, 0) is 6.26 Å². The minimum atomic E-state index is -0.294. The zero-order valence-electron chi connectivity index (χ0n) is 6.49. The number of aliphatic hydroxyl groups excluding tert-OH is 1. The first kappa shape index (κ1) is 7.86. The van der Waals surface area contributed by atoms with Crippen LogP contribution in [0, 0.1) is 0 Å². The highest BCUT2D eigenvalue weighted by Crippen LogP contribution is 2.28. The van der Waals surface area contributed by atoms with E-state index >= 15 is 0 Å². The number of ether oxygens (including phenoxy) is 1. The fourth-order valence-corrected chi connectivity index (χ4v) is 2.59. The average molecular weight is 175 g/mol. The molecule has 0 aliphatic carbocycles. The van der Waals surface area contributed by atoms with Gasteiger partial charge in [-0.1, -0.05) is 0 Å². The van der Waals surface area contributed by atoms with Gasteiger partial charge in [0.05, 0.1) is 24.9 Å². The van der Waals surface area contributed by atoms with E-state index in [-0.39, 0.29) is 18.2 Å². The molecule has 0 radical (unpaired) electrons. The summed E-state index contributed by atoms with van der Waals surface area (Å²) >= 11 is 1.81. The number of thioether (sulfide) groups is 1. The van der Waals surface area contributed by atoms with Crippen LogP contribution in [0.4, 0.5) is 0 Å². The van der Waals surface area contributed by atoms with Crippen molar-refractivity contribution in [2.75, 3.05) is 19.4 Å². The Bertz CT molecular complexity index is 155. The highest BCUT2D eigenvalue weighted by molar-refractivity contribution is 7.99. The number of fused-ring (bicyclic) bond motifs is 1. The van der Waals surface area contributed by atoms with E-state index in [9.17, 15) is 5.11 Å². The van der Waals surface area contributed by atoms with Crippen molar-refractivity contribution in [3.8, 4) is 0 Å². The molecule has 4 heteroatoms. The summed E-state index contributed by atoms with van der Waals surface area (Å²) in [4.78, 5) is 0. The molecule has 2 N–H and O–H groups in total. The monoisotopic (exact) mass is 175 g/mol. The van der Waals surface area contributed by atoms with Gasteiger partial charge in [-0.25, -0.2) is 0 Å². The smallest absolute Gasteiger partial charge is 0.0952 e. The highest BCUT2D eigenvalue weighted by Gasteiger charge is 2.45. The van der Waals surface area contributed by atoms with Crippen LogP contribution in [-0.2, 0) is 4.74 Å². The summed E-state index contributed by atoms with van der Waals surface area (Å²) in [5.74, 6) is 0. The van der Waals surface area contributed by atoms with E-state index in [2.05, 4.69) is 11.6 Å². The maximum absolute atomic E-state index is 9.42. The Kier molecular flexibility index (Phi) is 2.10.